The van der Waals surface area contributed by atoms with Gasteiger partial charge in [0, 0.05) is 74.7 Å². The second-order valence-electron chi connectivity index (χ2n) is 23.8. The van der Waals surface area contributed by atoms with Crippen molar-refractivity contribution in [2.45, 2.75) is 135 Å². The van der Waals surface area contributed by atoms with E-state index in [-0.39, 0.29) is 83.2 Å². The number of hydrogen-bond acceptors (Lipinski definition) is 36. The number of nitrogens with zero attached hydrogens (tertiary/aromatic N) is 8. The molecule has 6 heterocycles. The fourth-order valence-electron chi connectivity index (χ4n) is 9.01. The predicted octanol–water partition coefficient (Wildman–Crippen LogP) is -1.46. The van der Waals surface area contributed by atoms with Crippen molar-refractivity contribution in [2.24, 2.45) is 10.8 Å². The quantitative estimate of drug-likeness (QED) is 0.0178. The molecule has 48 nitrogen and oxygen atoms in total. The van der Waals surface area contributed by atoms with Gasteiger partial charge in [0.1, 0.15) is 72.5 Å². The van der Waals surface area contributed by atoms with Crippen LogP contribution in [0.15, 0.2) is 25.3 Å². The molecule has 0 aromatic carbocycles. The van der Waals surface area contributed by atoms with Gasteiger partial charge in [0.15, 0.2) is 45.6 Å². The number of nitrogens with one attached hydrogen (secondary N) is 4. The number of fused-ring (bicyclic) bond motifs is 2. The zero-order valence-electron chi connectivity index (χ0n) is 56.3. The number of ether oxygens (including phenoxy) is 2. The Bertz CT molecular complexity index is 3970. The minimum Gasteiger partial charge on any atom is -0.386 e. The first kappa shape index (κ1) is 90.7. The first-order chi connectivity index (χ1) is 48.6. The van der Waals surface area contributed by atoms with Gasteiger partial charge in [-0.1, -0.05) is 64.6 Å². The van der Waals surface area contributed by atoms with Crippen LogP contribution in [0.2, 0.25) is 0 Å². The number of carbonyl (C=O) groups is 6. The largest absolute Gasteiger partial charge is 0.481 e. The summed E-state index contributed by atoms with van der Waals surface area (Å²) in [5, 5.41) is 52.4. The molecule has 0 spiro atoms. The van der Waals surface area contributed by atoms with Crippen LogP contribution in [0.4, 0.5) is 11.6 Å². The van der Waals surface area contributed by atoms with Gasteiger partial charge in [-0.3, -0.25) is 65.0 Å². The summed E-state index contributed by atoms with van der Waals surface area (Å²) >= 11 is 2.14. The number of anilines is 2. The summed E-state index contributed by atoms with van der Waals surface area (Å²) in [7, 11) is -32.7. The van der Waals surface area contributed by atoms with Gasteiger partial charge in [-0.15, -0.1) is 0 Å². The van der Waals surface area contributed by atoms with E-state index in [4.69, 9.17) is 39.0 Å². The third-order valence-electron chi connectivity index (χ3n) is 14.3. The first-order valence-electron chi connectivity index (χ1n) is 30.6. The molecule has 594 valence electrons. The maximum atomic E-state index is 12.7. The van der Waals surface area contributed by atoms with Crippen molar-refractivity contribution >= 4 is 138 Å². The van der Waals surface area contributed by atoms with Gasteiger partial charge in [-0.2, -0.15) is 8.62 Å². The van der Waals surface area contributed by atoms with Crippen LogP contribution in [0, 0.1) is 10.8 Å². The molecule has 2 aliphatic heterocycles. The number of aliphatic hydroxyl groups is 4. The molecule has 4 aromatic heterocycles. The molecule has 2 fully saturated rings. The number of rotatable bonds is 41. The smallest absolute Gasteiger partial charge is 0.386 e. The molecule has 20 N–H and O–H groups in total. The number of thioether (sulfide) groups is 2. The molecule has 4 unspecified atom stereocenters. The molecule has 2 aliphatic rings. The Balaban J connectivity index is 0.000000378. The monoisotopic (exact) mass is 1660 g/mol. The Morgan fingerprint density at radius 3 is 1.30 bits per heavy atom. The van der Waals surface area contributed by atoms with E-state index in [1.54, 1.807) is 0 Å². The van der Waals surface area contributed by atoms with Gasteiger partial charge in [-0.25, -0.2) is 57.3 Å². The molecule has 56 heteroatoms. The lowest BCUT2D eigenvalue weighted by atomic mass is 9.87. The highest BCUT2D eigenvalue weighted by Crippen LogP contribution is 2.63. The lowest BCUT2D eigenvalue weighted by Crippen LogP contribution is -2.46. The topological polar surface area (TPSA) is 727 Å². The Morgan fingerprint density at radius 1 is 0.562 bits per heavy atom. The summed E-state index contributed by atoms with van der Waals surface area (Å²) < 4.78 is 124. The normalized spacial score (nSPS) is 22.3. The number of nitrogen functional groups attached to an aromatic ring is 2. The summed E-state index contributed by atoms with van der Waals surface area (Å²) in [5.41, 5.74) is 8.53. The molecule has 0 aliphatic carbocycles. The fraction of sp³-hybridized carbons (Fsp3) is 0.673. The minimum atomic E-state index is -5.56. The third-order valence-corrected chi connectivity index (χ3v) is 22.3. The van der Waals surface area contributed by atoms with Crippen LogP contribution in [-0.2, 0) is 101 Å². The summed E-state index contributed by atoms with van der Waals surface area (Å²) in [6.07, 6.45) is -11.6. The summed E-state index contributed by atoms with van der Waals surface area (Å²) in [6.45, 7) is 4.42. The number of imidazole rings is 2. The van der Waals surface area contributed by atoms with Crippen LogP contribution < -0.4 is 32.7 Å². The second-order valence-corrected chi connectivity index (χ2v) is 34.7. The maximum Gasteiger partial charge on any atom is 0.481 e. The van der Waals surface area contributed by atoms with Crippen molar-refractivity contribution in [3.8, 4) is 0 Å². The van der Waals surface area contributed by atoms with E-state index < -0.39 is 169 Å². The van der Waals surface area contributed by atoms with Crippen molar-refractivity contribution in [2.75, 3.05) is 75.6 Å². The minimum absolute atomic E-state index is 0.0306. The molecule has 0 bridgehead atoms. The predicted molar refractivity (Wildman–Crippen MR) is 359 cm³/mol. The number of nitrogens with two attached hydrogens (primary N) is 2. The third kappa shape index (κ3) is 29.1. The number of unbranched alkanes of at least 4 members (excludes halogenated alkanes) is 1. The van der Waals surface area contributed by atoms with Crippen molar-refractivity contribution in [3.05, 3.63) is 25.3 Å². The van der Waals surface area contributed by atoms with Crippen molar-refractivity contribution in [1.29, 1.82) is 0 Å². The number of aromatic nitrogens is 8. The summed E-state index contributed by atoms with van der Waals surface area (Å²) in [5.74, 6) is -2.13. The molecule has 6 rings (SSSR count). The zero-order valence-corrected chi connectivity index (χ0v) is 63.3. The van der Waals surface area contributed by atoms with Crippen LogP contribution in [-0.4, -0.2) is 245 Å². The van der Waals surface area contributed by atoms with Gasteiger partial charge < -0.3 is 102 Å². The fourth-order valence-corrected chi connectivity index (χ4v) is 15.9. The lowest BCUT2D eigenvalue weighted by molar-refractivity contribution is -0.137. The molecule has 4 aromatic rings. The SMILES string of the molecule is CC(=O)SCCNC(=O)CCNC(=O)[C@H](O)C(C)(C)COP(=O)(O)OP(=O)(O)OC[C@H]1O[C@@H](n2cnc3c(N)ncnc32)[C@H](O)[C@@H]1OP(=O)(O)O.CCCCC(=O)SCCNC(=O)CCNC(=O)[C@H](O)C(C)(C)COP(=O)(O)OP(=O)(O)OC[C@H]1O[C@@H](n2cnc3c(N)ncnc32)[C@H](O)[C@@H]1OP(=O)(O)O. The number of amides is 4. The van der Waals surface area contributed by atoms with E-state index in [0.717, 1.165) is 70.8 Å². The Labute approximate surface area is 603 Å². The van der Waals surface area contributed by atoms with Gasteiger partial charge in [0.05, 0.1) is 39.1 Å². The van der Waals surface area contributed by atoms with Crippen LogP contribution in [0.25, 0.3) is 22.3 Å². The summed E-state index contributed by atoms with van der Waals surface area (Å²) in [4.78, 5) is 173. The van der Waals surface area contributed by atoms with E-state index in [1.165, 1.54) is 34.6 Å². The molecular formula is C49H82N14O34P6S2. The standard InChI is InChI=1S/C26H44N7O17P3S.C23H38N7O17P3S/c1-4-5-6-17(35)54-10-9-28-16(34)7-8-29-24(38)21(37)26(2,3)12-47-53(44,45)50-52(42,43)46-11-15-20(49-51(39,40)41)19(36)25(48-15)33-14-32-18-22(27)30-13-31-23(18)33;1-12(31)51-7-6-25-14(32)4-5-26-21(35)18(34)23(2,3)9-44-50(41,42)47-49(39,40)43-8-13-17(46-48(36,37)38)16(33)22(45-13)30-11-29-15-19(24)27-10-28-20(15)30/h13-15,19-21,25,36-37H,4-12H2,1-3H3,(H,28,34)(H,29,38)(H,42,43)(H,44,45)(H2,27,30,31)(H2,39,40,41);10-11,13,16-18,22,33-34H,4-9H2,1-3H3,(H,25,32)(H,26,35)(H,39,40)(H,41,42)(H2,24,27,28)(H2,36,37,38)/t15-,19-,20-,21+,25-;13-,16-,17-,18+,22-/m11/s1. The molecule has 4 amide bonds. The number of hydrogen-bond donors (Lipinski definition) is 18. The van der Waals surface area contributed by atoms with Crippen molar-refractivity contribution in [1.82, 2.24) is 60.3 Å². The highest BCUT2D eigenvalue weighted by atomic mass is 32.2. The number of phosphoric acid groups is 6. The molecule has 0 saturated carbocycles. The van der Waals surface area contributed by atoms with Crippen LogP contribution >= 0.6 is 70.5 Å². The van der Waals surface area contributed by atoms with Crippen LogP contribution in [0.1, 0.15) is 86.1 Å². The summed E-state index contributed by atoms with van der Waals surface area (Å²) in [6, 6.07) is 0. The van der Waals surface area contributed by atoms with E-state index >= 15 is 0 Å². The van der Waals surface area contributed by atoms with Gasteiger partial charge in [0.2, 0.25) is 23.6 Å². The molecule has 14 atom stereocenters. The Kier molecular flexibility index (Phi) is 33.8. The number of aliphatic hydroxyl groups excluding tert-OH is 4. The second kappa shape index (κ2) is 39.2. The van der Waals surface area contributed by atoms with Crippen LogP contribution in [0.5, 0.6) is 0 Å². The molecule has 105 heavy (non-hydrogen) atoms. The maximum absolute atomic E-state index is 12.7. The van der Waals surface area contributed by atoms with Crippen molar-refractivity contribution < 1.29 is 161 Å². The highest BCUT2D eigenvalue weighted by Gasteiger charge is 2.53. The number of carbonyl (C=O) groups excluding carboxylic acids is 6. The van der Waals surface area contributed by atoms with Gasteiger partial charge in [0.25, 0.3) is 0 Å². The zero-order chi connectivity index (χ0) is 78.8. The Morgan fingerprint density at radius 2 is 0.933 bits per heavy atom. The first-order valence-corrected chi connectivity index (χ1v) is 41.7. The van der Waals surface area contributed by atoms with Gasteiger partial charge in [-0.05, 0) is 6.42 Å². The average Bonchev–Trinajstić information content (AvgIpc) is 1.62. The van der Waals surface area contributed by atoms with E-state index in [1.807, 2.05) is 6.92 Å². The molecular weight excluding hydrogens is 1580 g/mol. The van der Waals surface area contributed by atoms with E-state index in [2.05, 4.69) is 68.8 Å². The lowest BCUT2D eigenvalue weighted by Gasteiger charge is -2.30. The van der Waals surface area contributed by atoms with Crippen LogP contribution in [0.3, 0.4) is 0 Å². The van der Waals surface area contributed by atoms with E-state index in [0.29, 0.717) is 17.9 Å². The average molecular weight is 1660 g/mol. The van der Waals surface area contributed by atoms with E-state index in [9.17, 15) is 116 Å². The Hall–Kier alpha value is -4.88. The van der Waals surface area contributed by atoms with Crippen molar-refractivity contribution in [3.63, 3.8) is 0 Å². The molecule has 2 saturated heterocycles. The van der Waals surface area contributed by atoms with Gasteiger partial charge >= 0.3 is 46.9 Å². The molecule has 0 radical (unpaired) electrons. The highest BCUT2D eigenvalue weighted by molar-refractivity contribution is 8.13. The number of phosphoric ester groups is 6.